The molecule has 0 unspecified atom stereocenters. The quantitative estimate of drug-likeness (QED) is 0.467. The number of rotatable bonds is 4. The van der Waals surface area contributed by atoms with Crippen LogP contribution in [0, 0.1) is 19.7 Å². The monoisotopic (exact) mass is 420 g/mol. The van der Waals surface area contributed by atoms with Crippen LogP contribution in [0.5, 0.6) is 0 Å². The number of nitrogens with zero attached hydrogens (tertiary/aromatic N) is 3. The average Bonchev–Trinajstić information content (AvgIpc) is 3.17. The number of carbonyl (C=O) groups excluding carboxylic acids is 1. The van der Waals surface area contributed by atoms with Gasteiger partial charge in [-0.05, 0) is 55.3 Å². The van der Waals surface area contributed by atoms with Gasteiger partial charge in [0.05, 0.1) is 11.4 Å². The van der Waals surface area contributed by atoms with Crippen LogP contribution in [0.2, 0.25) is 5.02 Å². The summed E-state index contributed by atoms with van der Waals surface area (Å²) in [4.78, 5) is 17.2. The van der Waals surface area contributed by atoms with E-state index in [-0.39, 0.29) is 11.5 Å². The van der Waals surface area contributed by atoms with Gasteiger partial charge in [-0.3, -0.25) is 4.79 Å². The summed E-state index contributed by atoms with van der Waals surface area (Å²) in [6.07, 6.45) is 0. The Bertz CT molecular complexity index is 1250. The molecule has 0 radical (unpaired) electrons. The molecular weight excluding hydrogens is 403 g/mol. The van der Waals surface area contributed by atoms with Gasteiger partial charge in [-0.2, -0.15) is 0 Å². The average molecular weight is 421 g/mol. The van der Waals surface area contributed by atoms with Gasteiger partial charge in [0.15, 0.2) is 5.82 Å². The van der Waals surface area contributed by atoms with E-state index in [0.29, 0.717) is 16.4 Å². The predicted octanol–water partition coefficient (Wildman–Crippen LogP) is 5.60. The lowest BCUT2D eigenvalue weighted by atomic mass is 10.1. The molecule has 0 aliphatic heterocycles. The number of aromatic nitrogens is 3. The van der Waals surface area contributed by atoms with Crippen LogP contribution in [0.15, 0.2) is 66.7 Å². The first kappa shape index (κ1) is 19.8. The van der Waals surface area contributed by atoms with E-state index >= 15 is 0 Å². The van der Waals surface area contributed by atoms with Crippen molar-refractivity contribution in [3.05, 3.63) is 94.5 Å². The molecule has 0 atom stereocenters. The SMILES string of the molecule is Cc1ccc(C)c(-n2nc(C(=O)Nc3ccccc3F)nc2-c2cccc(Cl)c2)c1. The summed E-state index contributed by atoms with van der Waals surface area (Å²) < 4.78 is 15.6. The van der Waals surface area contributed by atoms with E-state index in [0.717, 1.165) is 16.8 Å². The van der Waals surface area contributed by atoms with E-state index in [9.17, 15) is 9.18 Å². The summed E-state index contributed by atoms with van der Waals surface area (Å²) in [5.74, 6) is -0.749. The van der Waals surface area contributed by atoms with E-state index in [4.69, 9.17) is 11.6 Å². The van der Waals surface area contributed by atoms with Gasteiger partial charge in [-0.1, -0.05) is 48.0 Å². The summed E-state index contributed by atoms with van der Waals surface area (Å²) in [5.41, 5.74) is 3.58. The number of para-hydroxylation sites is 1. The minimum atomic E-state index is -0.604. The molecule has 0 saturated heterocycles. The number of benzene rings is 3. The Hall–Kier alpha value is -3.51. The number of nitrogens with one attached hydrogen (secondary N) is 1. The number of hydrogen-bond donors (Lipinski definition) is 1. The zero-order chi connectivity index (χ0) is 21.3. The second-order valence-corrected chi connectivity index (χ2v) is 7.34. The first-order valence-corrected chi connectivity index (χ1v) is 9.66. The Labute approximate surface area is 178 Å². The number of aryl methyl sites for hydroxylation is 2. The Morgan fingerprint density at radius 2 is 1.83 bits per heavy atom. The summed E-state index contributed by atoms with van der Waals surface area (Å²) in [7, 11) is 0. The largest absolute Gasteiger partial charge is 0.317 e. The van der Waals surface area contributed by atoms with Crippen LogP contribution in [0.25, 0.3) is 17.1 Å². The predicted molar refractivity (Wildman–Crippen MR) is 116 cm³/mol. The maximum absolute atomic E-state index is 13.9. The van der Waals surface area contributed by atoms with Crippen LogP contribution in [0.3, 0.4) is 0 Å². The van der Waals surface area contributed by atoms with Crippen molar-refractivity contribution in [1.82, 2.24) is 14.8 Å². The molecule has 1 N–H and O–H groups in total. The summed E-state index contributed by atoms with van der Waals surface area (Å²) in [6, 6.07) is 19.1. The van der Waals surface area contributed by atoms with E-state index in [1.165, 1.54) is 12.1 Å². The van der Waals surface area contributed by atoms with Crippen molar-refractivity contribution in [3.8, 4) is 17.1 Å². The molecule has 0 spiro atoms. The molecule has 4 aromatic rings. The van der Waals surface area contributed by atoms with Gasteiger partial charge < -0.3 is 5.32 Å². The van der Waals surface area contributed by atoms with Crippen molar-refractivity contribution >= 4 is 23.2 Å². The van der Waals surface area contributed by atoms with Crippen LogP contribution in [-0.2, 0) is 0 Å². The highest BCUT2D eigenvalue weighted by Crippen LogP contribution is 2.26. The van der Waals surface area contributed by atoms with Crippen molar-refractivity contribution in [1.29, 1.82) is 0 Å². The molecule has 0 saturated carbocycles. The number of amides is 1. The minimum absolute atomic E-state index is 0.0647. The molecule has 30 heavy (non-hydrogen) atoms. The van der Waals surface area contributed by atoms with Crippen molar-refractivity contribution in [2.75, 3.05) is 5.32 Å². The lowest BCUT2D eigenvalue weighted by molar-refractivity contribution is 0.101. The molecule has 1 amide bonds. The van der Waals surface area contributed by atoms with E-state index < -0.39 is 11.7 Å². The fourth-order valence-corrected chi connectivity index (χ4v) is 3.27. The minimum Gasteiger partial charge on any atom is -0.317 e. The lowest BCUT2D eigenvalue weighted by Crippen LogP contribution is -2.15. The van der Waals surface area contributed by atoms with Crippen LogP contribution in [0.4, 0.5) is 10.1 Å². The number of carbonyl (C=O) groups is 1. The third kappa shape index (κ3) is 3.95. The zero-order valence-electron chi connectivity index (χ0n) is 16.4. The standard InChI is InChI=1S/C23H18ClFN4O/c1-14-10-11-15(2)20(12-14)29-22(16-6-5-7-17(24)13-16)27-21(28-29)23(30)26-19-9-4-3-8-18(19)25/h3-13H,1-2H3,(H,26,30). The maximum Gasteiger partial charge on any atom is 0.295 e. The summed E-state index contributed by atoms with van der Waals surface area (Å²) in [6.45, 7) is 3.93. The van der Waals surface area contributed by atoms with Crippen molar-refractivity contribution in [3.63, 3.8) is 0 Å². The van der Waals surface area contributed by atoms with E-state index in [1.807, 2.05) is 38.1 Å². The summed E-state index contributed by atoms with van der Waals surface area (Å²) >= 11 is 6.17. The second-order valence-electron chi connectivity index (χ2n) is 6.91. The van der Waals surface area contributed by atoms with Crippen molar-refractivity contribution in [2.24, 2.45) is 0 Å². The molecule has 5 nitrogen and oxygen atoms in total. The highest BCUT2D eigenvalue weighted by molar-refractivity contribution is 6.30. The van der Waals surface area contributed by atoms with Crippen LogP contribution < -0.4 is 5.32 Å². The molecule has 0 aliphatic rings. The number of anilines is 1. The first-order valence-electron chi connectivity index (χ1n) is 9.29. The molecule has 150 valence electrons. The highest BCUT2D eigenvalue weighted by Gasteiger charge is 2.21. The topological polar surface area (TPSA) is 59.8 Å². The molecule has 1 aromatic heterocycles. The number of halogens is 2. The zero-order valence-corrected chi connectivity index (χ0v) is 17.1. The molecule has 4 rings (SSSR count). The third-order valence-electron chi connectivity index (χ3n) is 4.61. The highest BCUT2D eigenvalue weighted by atomic mass is 35.5. The molecule has 0 aliphatic carbocycles. The molecule has 1 heterocycles. The van der Waals surface area contributed by atoms with Gasteiger partial charge in [-0.25, -0.2) is 14.1 Å². The maximum atomic E-state index is 13.9. The number of hydrogen-bond acceptors (Lipinski definition) is 3. The molecular formula is C23H18ClFN4O. The van der Waals surface area contributed by atoms with Gasteiger partial charge >= 0.3 is 0 Å². The Balaban J connectivity index is 1.83. The molecule has 7 heteroatoms. The first-order chi connectivity index (χ1) is 14.4. The normalized spacial score (nSPS) is 10.8. The van der Waals surface area contributed by atoms with E-state index in [1.54, 1.807) is 35.0 Å². The second kappa shape index (κ2) is 8.08. The van der Waals surface area contributed by atoms with Gasteiger partial charge in [0.25, 0.3) is 5.91 Å². The van der Waals surface area contributed by atoms with E-state index in [2.05, 4.69) is 15.4 Å². The van der Waals surface area contributed by atoms with Crippen LogP contribution in [0.1, 0.15) is 21.7 Å². The fraction of sp³-hybridized carbons (Fsp3) is 0.0870. The molecule has 0 bridgehead atoms. The Morgan fingerprint density at radius 3 is 2.60 bits per heavy atom. The third-order valence-corrected chi connectivity index (χ3v) is 4.84. The van der Waals surface area contributed by atoms with Gasteiger partial charge in [-0.15, -0.1) is 5.10 Å². The fourth-order valence-electron chi connectivity index (χ4n) is 3.08. The van der Waals surface area contributed by atoms with Gasteiger partial charge in [0.2, 0.25) is 5.82 Å². The van der Waals surface area contributed by atoms with Gasteiger partial charge in [0.1, 0.15) is 5.82 Å². The molecule has 3 aromatic carbocycles. The van der Waals surface area contributed by atoms with Crippen LogP contribution in [-0.4, -0.2) is 20.7 Å². The Kier molecular flexibility index (Phi) is 5.33. The smallest absolute Gasteiger partial charge is 0.295 e. The van der Waals surface area contributed by atoms with Crippen molar-refractivity contribution < 1.29 is 9.18 Å². The Morgan fingerprint density at radius 1 is 1.03 bits per heavy atom. The van der Waals surface area contributed by atoms with Gasteiger partial charge in [0, 0.05) is 10.6 Å². The summed E-state index contributed by atoms with van der Waals surface area (Å²) in [5, 5.41) is 7.51. The van der Waals surface area contributed by atoms with Crippen molar-refractivity contribution in [2.45, 2.75) is 13.8 Å². The lowest BCUT2D eigenvalue weighted by Gasteiger charge is -2.10. The molecule has 0 fully saturated rings. The van der Waals surface area contributed by atoms with Crippen LogP contribution >= 0.6 is 11.6 Å².